The fourth-order valence-corrected chi connectivity index (χ4v) is 10.1. The van der Waals surface area contributed by atoms with Crippen LogP contribution in [0.1, 0.15) is 27.8 Å². The molecule has 1 spiro atoms. The fourth-order valence-electron chi connectivity index (χ4n) is 10.1. The van der Waals surface area contributed by atoms with Crippen LogP contribution in [-0.2, 0) is 5.41 Å². The molecule has 0 saturated heterocycles. The molecule has 0 bridgehead atoms. The fraction of sp³-hybridized carbons (Fsp3) is 0.0196. The minimum Gasteiger partial charge on any atom is -0.456 e. The normalized spacial score (nSPS) is 13.2. The molecule has 8 aromatic carbocycles. The zero-order valence-corrected chi connectivity index (χ0v) is 29.3. The van der Waals surface area contributed by atoms with E-state index in [-0.39, 0.29) is 0 Å². The van der Waals surface area contributed by atoms with Crippen molar-refractivity contribution in [2.24, 2.45) is 0 Å². The Labute approximate surface area is 316 Å². The van der Waals surface area contributed by atoms with Crippen LogP contribution in [0.15, 0.2) is 168 Å². The average Bonchev–Trinajstić information content (AvgIpc) is 3.97. The highest BCUT2D eigenvalue weighted by Gasteiger charge is 2.52. The van der Waals surface area contributed by atoms with E-state index in [4.69, 9.17) is 11.0 Å². The van der Waals surface area contributed by atoms with Crippen LogP contribution in [0, 0.1) is 17.9 Å². The second-order valence-electron chi connectivity index (χ2n) is 14.5. The second-order valence-corrected chi connectivity index (χ2v) is 14.5. The van der Waals surface area contributed by atoms with Gasteiger partial charge in [-0.15, -0.1) is 0 Å². The maximum Gasteiger partial charge on any atom is 0.189 e. The van der Waals surface area contributed by atoms with Crippen molar-refractivity contribution in [2.75, 3.05) is 0 Å². The summed E-state index contributed by atoms with van der Waals surface area (Å²) in [6.07, 6.45) is 0. The molecule has 0 saturated carbocycles. The summed E-state index contributed by atoms with van der Waals surface area (Å²) in [6.45, 7) is 7.84. The topological polar surface area (TPSA) is 46.2 Å². The van der Waals surface area contributed by atoms with Crippen molar-refractivity contribution >= 4 is 49.4 Å². The molecular formula is C51H27N3O. The SMILES string of the molecule is [C-]#[N+]c1cc(C#N)cc(-c2ccccc2-n2c3ccc4c(c3c3ccc5oc6ccccc6c5c32)C2(c3ccccc3-c3ccccc32)c2ccccc2-4)c1. The summed E-state index contributed by atoms with van der Waals surface area (Å²) in [5.74, 6) is 0. The third-order valence-electron chi connectivity index (χ3n) is 12.0. The molecule has 0 atom stereocenters. The molecule has 10 aromatic rings. The third-order valence-corrected chi connectivity index (χ3v) is 12.0. The van der Waals surface area contributed by atoms with Gasteiger partial charge in [0.1, 0.15) is 11.2 Å². The lowest BCUT2D eigenvalue weighted by Crippen LogP contribution is -2.26. The molecule has 2 aromatic heterocycles. The number of hydrogen-bond donors (Lipinski definition) is 0. The highest BCUT2D eigenvalue weighted by molar-refractivity contribution is 6.26. The van der Waals surface area contributed by atoms with Crippen LogP contribution in [0.2, 0.25) is 0 Å². The van der Waals surface area contributed by atoms with Crippen LogP contribution < -0.4 is 0 Å². The lowest BCUT2D eigenvalue weighted by atomic mass is 9.69. The van der Waals surface area contributed by atoms with Gasteiger partial charge in [0.05, 0.1) is 40.2 Å². The Morgan fingerprint density at radius 2 is 1.20 bits per heavy atom. The molecule has 4 heteroatoms. The lowest BCUT2D eigenvalue weighted by molar-refractivity contribution is 0.669. The molecule has 0 fully saturated rings. The molecule has 0 radical (unpaired) electrons. The summed E-state index contributed by atoms with van der Waals surface area (Å²) in [5, 5.41) is 14.4. The number of benzene rings is 8. The van der Waals surface area contributed by atoms with Crippen molar-refractivity contribution in [3.8, 4) is 45.1 Å². The van der Waals surface area contributed by atoms with Crippen molar-refractivity contribution in [3.05, 3.63) is 203 Å². The minimum atomic E-state index is -0.545. The number of rotatable bonds is 2. The summed E-state index contributed by atoms with van der Waals surface area (Å²) in [5.41, 5.74) is 17.1. The van der Waals surface area contributed by atoms with Crippen LogP contribution in [0.5, 0.6) is 0 Å². The molecule has 0 unspecified atom stereocenters. The Morgan fingerprint density at radius 3 is 1.91 bits per heavy atom. The molecule has 2 aliphatic carbocycles. The first kappa shape index (κ1) is 29.9. The van der Waals surface area contributed by atoms with Gasteiger partial charge in [-0.1, -0.05) is 115 Å². The minimum absolute atomic E-state index is 0.436. The quantitative estimate of drug-likeness (QED) is 0.169. The van der Waals surface area contributed by atoms with Crippen LogP contribution in [0.25, 0.3) is 87.7 Å². The largest absolute Gasteiger partial charge is 0.456 e. The second kappa shape index (κ2) is 10.7. The van der Waals surface area contributed by atoms with Gasteiger partial charge in [-0.05, 0) is 98.6 Å². The number of hydrogen-bond acceptors (Lipinski definition) is 2. The van der Waals surface area contributed by atoms with E-state index in [1.165, 1.54) is 49.9 Å². The standard InChI is InChI=1S/C51H27N3O/c1-53-32-27-30(29-52)26-31(28-32)33-12-5-10-20-43(33)54-44-24-22-37-36-15-4-9-19-42(36)51(40-17-7-2-13-34(40)35-14-3-8-18-41(35)51)49(37)47(44)39-23-25-46-48(50(39)54)38-16-6-11-21-45(38)55-46/h2-28H. The molecule has 12 rings (SSSR count). The van der Waals surface area contributed by atoms with Gasteiger partial charge < -0.3 is 8.98 Å². The van der Waals surface area contributed by atoms with Gasteiger partial charge in [-0.2, -0.15) is 5.26 Å². The van der Waals surface area contributed by atoms with E-state index in [0.717, 1.165) is 55.2 Å². The number of aromatic nitrogens is 1. The van der Waals surface area contributed by atoms with Crippen molar-refractivity contribution in [3.63, 3.8) is 0 Å². The van der Waals surface area contributed by atoms with Crippen molar-refractivity contribution < 1.29 is 4.42 Å². The summed E-state index contributed by atoms with van der Waals surface area (Å²) < 4.78 is 8.98. The van der Waals surface area contributed by atoms with E-state index in [1.807, 2.05) is 30.3 Å². The summed E-state index contributed by atoms with van der Waals surface area (Å²) in [7, 11) is 0. The van der Waals surface area contributed by atoms with E-state index in [2.05, 4.69) is 143 Å². The monoisotopic (exact) mass is 697 g/mol. The smallest absolute Gasteiger partial charge is 0.189 e. The van der Waals surface area contributed by atoms with Gasteiger partial charge in [-0.3, -0.25) is 0 Å². The number of nitriles is 1. The molecule has 2 heterocycles. The zero-order chi connectivity index (χ0) is 36.4. The number of nitrogens with zero attached hydrogens (tertiary/aromatic N) is 3. The van der Waals surface area contributed by atoms with E-state index < -0.39 is 5.41 Å². The number of fused-ring (bicyclic) bond motifs is 18. The van der Waals surface area contributed by atoms with E-state index in [9.17, 15) is 5.26 Å². The Bertz CT molecular complexity index is 3320. The summed E-state index contributed by atoms with van der Waals surface area (Å²) in [4.78, 5) is 3.74. The van der Waals surface area contributed by atoms with Gasteiger partial charge in [0.25, 0.3) is 0 Å². The van der Waals surface area contributed by atoms with Crippen molar-refractivity contribution in [2.45, 2.75) is 5.41 Å². The van der Waals surface area contributed by atoms with Crippen LogP contribution in [0.4, 0.5) is 5.69 Å². The van der Waals surface area contributed by atoms with E-state index in [0.29, 0.717) is 11.3 Å². The van der Waals surface area contributed by atoms with Gasteiger partial charge in [0, 0.05) is 27.3 Å². The number of furan rings is 1. The Balaban J connectivity index is 1.32. The Hall–Kier alpha value is -7.66. The zero-order valence-electron chi connectivity index (χ0n) is 29.3. The summed E-state index contributed by atoms with van der Waals surface area (Å²) >= 11 is 0. The predicted molar refractivity (Wildman–Crippen MR) is 221 cm³/mol. The van der Waals surface area contributed by atoms with E-state index >= 15 is 0 Å². The molecule has 0 amide bonds. The van der Waals surface area contributed by atoms with Gasteiger partial charge in [-0.25, -0.2) is 4.85 Å². The van der Waals surface area contributed by atoms with Crippen molar-refractivity contribution in [1.82, 2.24) is 4.57 Å². The molecule has 2 aliphatic rings. The molecule has 0 N–H and O–H groups in total. The van der Waals surface area contributed by atoms with Gasteiger partial charge in [0.15, 0.2) is 5.69 Å². The van der Waals surface area contributed by atoms with Gasteiger partial charge in [0.2, 0.25) is 0 Å². The van der Waals surface area contributed by atoms with Crippen LogP contribution in [0.3, 0.4) is 0 Å². The first-order valence-corrected chi connectivity index (χ1v) is 18.4. The molecule has 55 heavy (non-hydrogen) atoms. The third kappa shape index (κ3) is 3.68. The predicted octanol–water partition coefficient (Wildman–Crippen LogP) is 13.1. The number of para-hydroxylation sites is 2. The van der Waals surface area contributed by atoms with Crippen molar-refractivity contribution in [1.29, 1.82) is 5.26 Å². The molecular weight excluding hydrogens is 671 g/mol. The first-order valence-electron chi connectivity index (χ1n) is 18.4. The summed E-state index contributed by atoms with van der Waals surface area (Å²) in [6, 6.07) is 60.2. The molecule has 0 aliphatic heterocycles. The highest BCUT2D eigenvalue weighted by Crippen LogP contribution is 2.65. The van der Waals surface area contributed by atoms with E-state index in [1.54, 1.807) is 6.07 Å². The lowest BCUT2D eigenvalue weighted by Gasteiger charge is -2.31. The maximum absolute atomic E-state index is 10.00. The Morgan fingerprint density at radius 1 is 0.564 bits per heavy atom. The Kier molecular flexibility index (Phi) is 5.81. The van der Waals surface area contributed by atoms with Crippen LogP contribution in [-0.4, -0.2) is 4.57 Å². The maximum atomic E-state index is 10.00. The van der Waals surface area contributed by atoms with Crippen LogP contribution >= 0.6 is 0 Å². The first-order chi connectivity index (χ1) is 27.2. The van der Waals surface area contributed by atoms with Gasteiger partial charge >= 0.3 is 0 Å². The molecule has 252 valence electrons. The highest BCUT2D eigenvalue weighted by atomic mass is 16.3. The average molecular weight is 698 g/mol. The molecule has 4 nitrogen and oxygen atoms in total.